The van der Waals surface area contributed by atoms with Crippen LogP contribution in [0.3, 0.4) is 0 Å². The molecular weight excluding hydrogens is 446 g/mol. The fourth-order valence-electron chi connectivity index (χ4n) is 3.62. The Bertz CT molecular complexity index is 1360. The van der Waals surface area contributed by atoms with E-state index in [0.29, 0.717) is 18.7 Å². The van der Waals surface area contributed by atoms with E-state index in [-0.39, 0.29) is 12.5 Å². The van der Waals surface area contributed by atoms with Crippen molar-refractivity contribution in [1.29, 1.82) is 0 Å². The van der Waals surface area contributed by atoms with Gasteiger partial charge >= 0.3 is 0 Å². The Labute approximate surface area is 214 Å². The van der Waals surface area contributed by atoms with Crippen LogP contribution in [0.5, 0.6) is 11.5 Å². The molecule has 3 aromatic rings. The van der Waals surface area contributed by atoms with Gasteiger partial charge in [0.25, 0.3) is 0 Å². The minimum atomic E-state index is 0.0957. The molecule has 0 aliphatic rings. The smallest absolute Gasteiger partial charge is 0.129 e. The third-order valence-corrected chi connectivity index (χ3v) is 5.93. The first-order chi connectivity index (χ1) is 17.4. The van der Waals surface area contributed by atoms with Crippen molar-refractivity contribution in [2.75, 3.05) is 6.61 Å². The van der Waals surface area contributed by atoms with Gasteiger partial charge in [-0.25, -0.2) is 4.79 Å². The van der Waals surface area contributed by atoms with Crippen molar-refractivity contribution in [1.82, 2.24) is 5.32 Å². The predicted molar refractivity (Wildman–Crippen MR) is 148 cm³/mol. The highest BCUT2D eigenvalue weighted by Crippen LogP contribution is 2.26. The summed E-state index contributed by atoms with van der Waals surface area (Å²) in [4.78, 5) is 11.2. The zero-order valence-corrected chi connectivity index (χ0v) is 21.6. The summed E-state index contributed by atoms with van der Waals surface area (Å²) in [7, 11) is 0. The van der Waals surface area contributed by atoms with E-state index in [9.17, 15) is 4.79 Å². The Kier molecular flexibility index (Phi) is 9.73. The number of carbonyl (C=O) groups excluding carboxylic acids is 1. The summed E-state index contributed by atoms with van der Waals surface area (Å²) >= 11 is 0. The molecule has 0 unspecified atom stereocenters. The maximum Gasteiger partial charge on any atom is 0.129 e. The lowest BCUT2D eigenvalue weighted by Gasteiger charge is -2.16. The Hall–Kier alpha value is -4.01. The van der Waals surface area contributed by atoms with Crippen LogP contribution in [0.25, 0.3) is 12.7 Å². The summed E-state index contributed by atoms with van der Waals surface area (Å²) in [5.41, 5.74) is 4.74. The van der Waals surface area contributed by atoms with Gasteiger partial charge < -0.3 is 14.8 Å². The molecule has 4 nitrogen and oxygen atoms in total. The van der Waals surface area contributed by atoms with Crippen molar-refractivity contribution in [3.05, 3.63) is 111 Å². The predicted octanol–water partition coefficient (Wildman–Crippen LogP) is 5.25. The third-order valence-electron chi connectivity index (χ3n) is 5.93. The molecule has 4 heteroatoms. The number of para-hydroxylation sites is 1. The van der Waals surface area contributed by atoms with Crippen molar-refractivity contribution in [3.63, 3.8) is 0 Å². The van der Waals surface area contributed by atoms with Crippen LogP contribution >= 0.6 is 0 Å². The normalized spacial score (nSPS) is 11.8. The van der Waals surface area contributed by atoms with E-state index < -0.39 is 0 Å². The van der Waals surface area contributed by atoms with Gasteiger partial charge in [0.1, 0.15) is 30.7 Å². The number of hydrogen-bond acceptors (Lipinski definition) is 4. The molecule has 1 N–H and O–H groups in total. The van der Waals surface area contributed by atoms with Gasteiger partial charge in [-0.05, 0) is 59.5 Å². The van der Waals surface area contributed by atoms with Crippen LogP contribution in [-0.2, 0) is 17.9 Å². The first kappa shape index (κ1) is 26.6. The van der Waals surface area contributed by atoms with Crippen LogP contribution in [0.2, 0.25) is 0 Å². The van der Waals surface area contributed by atoms with Crippen LogP contribution in [0.15, 0.2) is 84.1 Å². The lowest BCUT2D eigenvalue weighted by Crippen LogP contribution is -2.21. The first-order valence-electron chi connectivity index (χ1n) is 12.2. The molecule has 0 saturated heterocycles. The van der Waals surface area contributed by atoms with Crippen molar-refractivity contribution in [2.45, 2.75) is 40.8 Å². The van der Waals surface area contributed by atoms with Crippen LogP contribution < -0.4 is 25.2 Å². The fraction of sp³-hybridized carbons (Fsp3) is 0.250. The Morgan fingerprint density at radius 2 is 1.83 bits per heavy atom. The average Bonchev–Trinajstić information content (AvgIpc) is 2.87. The molecule has 0 saturated carbocycles. The summed E-state index contributed by atoms with van der Waals surface area (Å²) in [6.45, 7) is 13.3. The number of rotatable bonds is 11. The Morgan fingerprint density at radius 3 is 2.58 bits per heavy atom. The topological polar surface area (TPSA) is 47.6 Å². The van der Waals surface area contributed by atoms with E-state index in [1.54, 1.807) is 0 Å². The number of ether oxygens (including phenoxy) is 2. The summed E-state index contributed by atoms with van der Waals surface area (Å²) in [6.07, 6.45) is 4.13. The third kappa shape index (κ3) is 7.76. The molecule has 0 radical (unpaired) electrons. The number of hydrogen-bond donors (Lipinski definition) is 1. The van der Waals surface area contributed by atoms with E-state index >= 15 is 0 Å². The van der Waals surface area contributed by atoms with Gasteiger partial charge in [0.05, 0.1) is 5.57 Å². The number of allylic oxidation sites excluding steroid dienone is 2. The van der Waals surface area contributed by atoms with Gasteiger partial charge in [0.2, 0.25) is 0 Å². The average molecular weight is 482 g/mol. The van der Waals surface area contributed by atoms with Gasteiger partial charge in [-0.15, -0.1) is 0 Å². The van der Waals surface area contributed by atoms with Gasteiger partial charge in [0, 0.05) is 17.8 Å². The van der Waals surface area contributed by atoms with Crippen LogP contribution in [0.1, 0.15) is 37.5 Å². The molecule has 0 atom stereocenters. The highest BCUT2D eigenvalue weighted by Gasteiger charge is 2.11. The van der Waals surface area contributed by atoms with Gasteiger partial charge in [-0.1, -0.05) is 81.1 Å². The molecule has 0 aromatic heterocycles. The first-order valence-corrected chi connectivity index (χ1v) is 12.2. The van der Waals surface area contributed by atoms with Crippen molar-refractivity contribution in [2.24, 2.45) is 5.92 Å². The summed E-state index contributed by atoms with van der Waals surface area (Å²) < 4.78 is 12.1. The minimum Gasteiger partial charge on any atom is -0.489 e. The molecule has 0 bridgehead atoms. The van der Waals surface area contributed by atoms with Gasteiger partial charge in [-0.3, -0.25) is 0 Å². The van der Waals surface area contributed by atoms with Gasteiger partial charge in [-0.2, -0.15) is 0 Å². The lowest BCUT2D eigenvalue weighted by molar-refractivity contribution is 0.286. The molecule has 0 heterocycles. The van der Waals surface area contributed by atoms with Crippen molar-refractivity contribution in [3.8, 4) is 11.5 Å². The second-order valence-electron chi connectivity index (χ2n) is 9.14. The van der Waals surface area contributed by atoms with Crippen molar-refractivity contribution >= 4 is 18.6 Å². The molecule has 0 aliphatic carbocycles. The van der Waals surface area contributed by atoms with E-state index in [0.717, 1.165) is 44.3 Å². The highest BCUT2D eigenvalue weighted by atomic mass is 16.5. The molecule has 0 aliphatic heterocycles. The molecule has 36 heavy (non-hydrogen) atoms. The van der Waals surface area contributed by atoms with Crippen LogP contribution in [-0.4, -0.2) is 12.5 Å². The molecule has 3 aromatic carbocycles. The largest absolute Gasteiger partial charge is 0.489 e. The number of nitrogens with one attached hydrogen (secondary N) is 1. The molecule has 3 rings (SSSR count). The monoisotopic (exact) mass is 481 g/mol. The lowest BCUT2D eigenvalue weighted by atomic mass is 10.1. The maximum atomic E-state index is 11.2. The number of benzene rings is 3. The molecular formula is C32H35NO3. The number of aryl methyl sites for hydroxylation is 1. The Morgan fingerprint density at radius 1 is 1.06 bits per heavy atom. The summed E-state index contributed by atoms with van der Waals surface area (Å²) in [5, 5.41) is 5.56. The molecule has 186 valence electrons. The Balaban J connectivity index is 1.63. The van der Waals surface area contributed by atoms with Crippen molar-refractivity contribution < 1.29 is 14.3 Å². The molecule has 0 amide bonds. The molecule has 0 fully saturated rings. The summed E-state index contributed by atoms with van der Waals surface area (Å²) in [5.74, 6) is 3.65. The summed E-state index contributed by atoms with van der Waals surface area (Å²) in [6, 6.07) is 22.1. The quantitative estimate of drug-likeness (QED) is 0.380. The fourth-order valence-corrected chi connectivity index (χ4v) is 3.62. The van der Waals surface area contributed by atoms with E-state index in [4.69, 9.17) is 9.47 Å². The zero-order valence-electron chi connectivity index (χ0n) is 21.6. The van der Waals surface area contributed by atoms with E-state index in [2.05, 4.69) is 36.2 Å². The van der Waals surface area contributed by atoms with E-state index in [1.165, 1.54) is 0 Å². The molecule has 0 spiro atoms. The van der Waals surface area contributed by atoms with E-state index in [1.807, 2.05) is 88.2 Å². The maximum absolute atomic E-state index is 11.2. The van der Waals surface area contributed by atoms with Crippen LogP contribution in [0, 0.1) is 12.8 Å². The SMILES string of the molecule is C=c1cccc/c1=C/C=C(\C)NCc1cccc(OCc2cccc(C)c2OCC(=C=O)C(C)C)c1. The van der Waals surface area contributed by atoms with Crippen LogP contribution in [0.4, 0.5) is 0 Å². The second-order valence-corrected chi connectivity index (χ2v) is 9.14. The second kappa shape index (κ2) is 13.2. The van der Waals surface area contributed by atoms with Gasteiger partial charge in [0.15, 0.2) is 0 Å². The minimum absolute atomic E-state index is 0.0957. The zero-order chi connectivity index (χ0) is 25.9. The highest BCUT2D eigenvalue weighted by molar-refractivity contribution is 5.53. The standard InChI is InChI=1S/C32H35NO3/c1-23(2)30(20-34)22-36-32-25(4)11-8-14-29(32)21-35-31-15-9-12-27(18-31)19-33-26(5)16-17-28-13-7-6-10-24(28)3/h6-18,23,33H,3,19,21-22H2,1-2,4-5H3/b26-16+,28-17-.